The van der Waals surface area contributed by atoms with Crippen molar-refractivity contribution < 1.29 is 87.1 Å². The number of aromatic hydroxyl groups is 2. The lowest BCUT2D eigenvalue weighted by atomic mass is 9.51. The van der Waals surface area contributed by atoms with Gasteiger partial charge in [0.15, 0.2) is 45.5 Å². The van der Waals surface area contributed by atoms with Crippen LogP contribution in [0, 0.1) is 23.7 Å². The zero-order valence-corrected chi connectivity index (χ0v) is 56.4. The lowest BCUT2D eigenvalue weighted by Crippen LogP contribution is -2.72. The maximum absolute atomic E-state index is 14.8. The molecule has 500 valence electrons. The molecule has 2 saturated carbocycles. The van der Waals surface area contributed by atoms with Crippen molar-refractivity contribution in [1.82, 2.24) is 0 Å². The Bertz CT molecular complexity index is 3680. The second kappa shape index (κ2) is 24.1. The second-order valence-corrected chi connectivity index (χ2v) is 29.2. The Hall–Kier alpha value is -7.90. The zero-order chi connectivity index (χ0) is 68.2. The Balaban J connectivity index is 0.000000192. The zero-order valence-electron chi connectivity index (χ0n) is 56.4. The summed E-state index contributed by atoms with van der Waals surface area (Å²) < 4.78 is 51.1. The number of fused-ring (bicyclic) bond motifs is 4. The molecule has 6 aliphatic heterocycles. The van der Waals surface area contributed by atoms with Gasteiger partial charge in [0.25, 0.3) is 12.9 Å². The Morgan fingerprint density at radius 1 is 0.521 bits per heavy atom. The van der Waals surface area contributed by atoms with E-state index < -0.39 is 93.3 Å². The summed E-state index contributed by atoms with van der Waals surface area (Å²) in [7, 11) is 0. The molecule has 2 spiro atoms. The molecule has 4 N–H and O–H groups in total. The molecule has 2 aromatic rings. The van der Waals surface area contributed by atoms with Gasteiger partial charge in [0.05, 0.1) is 22.3 Å². The van der Waals surface area contributed by atoms with Crippen LogP contribution in [0.5, 0.6) is 34.5 Å². The van der Waals surface area contributed by atoms with E-state index >= 15 is 0 Å². The van der Waals surface area contributed by atoms with Gasteiger partial charge in [-0.2, -0.15) is 0 Å². The molecule has 6 heterocycles. The fourth-order valence-electron chi connectivity index (χ4n) is 16.5. The van der Waals surface area contributed by atoms with E-state index in [0.717, 1.165) is 24.0 Å². The quantitative estimate of drug-likeness (QED) is 0.0546. The number of ether oxygens (including phenoxy) is 8. The van der Waals surface area contributed by atoms with Crippen molar-refractivity contribution in [2.75, 3.05) is 13.2 Å². The Morgan fingerprint density at radius 2 is 0.883 bits per heavy atom. The normalized spacial score (nSPS) is 30.7. The first kappa shape index (κ1) is 67.5. The summed E-state index contributed by atoms with van der Waals surface area (Å²) in [5.74, 6) is -2.63. The van der Waals surface area contributed by atoms with Crippen molar-refractivity contribution in [3.05, 3.63) is 139 Å². The number of hydrogen-bond donors (Lipinski definition) is 4. The highest BCUT2D eigenvalue weighted by Gasteiger charge is 2.83. The summed E-state index contributed by atoms with van der Waals surface area (Å²) in [5, 5.41) is 43.3. The van der Waals surface area contributed by atoms with Gasteiger partial charge >= 0.3 is 0 Å². The highest BCUT2D eigenvalue weighted by molar-refractivity contribution is 6.20. The first-order valence-corrected chi connectivity index (χ1v) is 32.6. The van der Waals surface area contributed by atoms with Crippen molar-refractivity contribution in [3.63, 3.8) is 0 Å². The predicted octanol–water partition coefficient (Wildman–Crippen LogP) is 12.5. The van der Waals surface area contributed by atoms with E-state index in [-0.39, 0.29) is 94.1 Å². The van der Waals surface area contributed by atoms with Crippen LogP contribution >= 0.6 is 0 Å². The number of hydrogen-bond acceptors (Lipinski definition) is 18. The monoisotopic (exact) mass is 1290 g/mol. The van der Waals surface area contributed by atoms with Crippen molar-refractivity contribution in [1.29, 1.82) is 0 Å². The number of allylic oxidation sites excluding steroid dienone is 10. The van der Waals surface area contributed by atoms with E-state index in [9.17, 15) is 49.2 Å². The molecular formula is C76H88O18. The predicted molar refractivity (Wildman–Crippen MR) is 350 cm³/mol. The van der Waals surface area contributed by atoms with Gasteiger partial charge in [0.2, 0.25) is 0 Å². The summed E-state index contributed by atoms with van der Waals surface area (Å²) >= 11 is 0. The number of carbonyl (C=O) groups is 6. The minimum absolute atomic E-state index is 0.0403. The maximum atomic E-state index is 14.8. The molecule has 94 heavy (non-hydrogen) atoms. The van der Waals surface area contributed by atoms with Crippen LogP contribution in [0.2, 0.25) is 0 Å². The Morgan fingerprint density at radius 3 is 1.21 bits per heavy atom. The van der Waals surface area contributed by atoms with Gasteiger partial charge < -0.3 is 58.3 Å². The summed E-state index contributed by atoms with van der Waals surface area (Å²) in [6, 6.07) is 0. The third-order valence-corrected chi connectivity index (χ3v) is 20.8. The van der Waals surface area contributed by atoms with E-state index in [1.165, 1.54) is 23.3 Å². The SMILES string of the molecule is CC(C)=CCC[C@@]1(C)C=Cc2c(O)c3c(c(CC=C(C)C)c2O1)O[C@]12C(=C[C@@H]4CC1C(C)(C)O[C@]2(C/C=C(/CO)OC=O)C4=O)C3=O.CC(C)=CCC[C@]1(C)C=Cc2c(O)c3c(c(CC=C(C)C)c2O1)O[C@]12C(=C[C@@H]4CC1C(C)(C)O[C@]2(C/C=C(/CO)OC=O)C4=O)C3=O. The number of aliphatic hydroxyl groups excluding tert-OH is 2. The first-order chi connectivity index (χ1) is 44.3. The topological polar surface area (TPSA) is 257 Å². The molecule has 2 aromatic carbocycles. The molecule has 0 aromatic heterocycles. The van der Waals surface area contributed by atoms with Crippen LogP contribution in [0.15, 0.2) is 106 Å². The maximum Gasteiger partial charge on any atom is 0.298 e. The highest BCUT2D eigenvalue weighted by atomic mass is 16.6. The fraction of sp³-hybridized carbons (Fsp3) is 0.500. The van der Waals surface area contributed by atoms with Crippen molar-refractivity contribution in [2.45, 2.75) is 206 Å². The summed E-state index contributed by atoms with van der Waals surface area (Å²) in [6.45, 7) is 27.0. The van der Waals surface area contributed by atoms with Crippen LogP contribution in [-0.4, -0.2) is 115 Å². The molecule has 18 nitrogen and oxygen atoms in total. The van der Waals surface area contributed by atoms with Crippen LogP contribution in [-0.2, 0) is 51.0 Å². The largest absolute Gasteiger partial charge is 0.506 e. The lowest BCUT2D eigenvalue weighted by molar-refractivity contribution is -0.172. The van der Waals surface area contributed by atoms with Gasteiger partial charge in [0.1, 0.15) is 81.6 Å². The molecular weight excluding hydrogens is 1200 g/mol. The van der Waals surface area contributed by atoms with Crippen LogP contribution in [0.4, 0.5) is 0 Å². The summed E-state index contributed by atoms with van der Waals surface area (Å²) in [5.41, 5.74) is -2.33. The van der Waals surface area contributed by atoms with Gasteiger partial charge in [-0.05, 0) is 185 Å². The summed E-state index contributed by atoms with van der Waals surface area (Å²) in [4.78, 5) is 80.4. The fourth-order valence-corrected chi connectivity index (χ4v) is 16.5. The molecule has 0 amide bonds. The molecule has 12 aliphatic rings. The molecule has 8 bridgehead atoms. The average Bonchev–Trinajstić information content (AvgIpc) is 1.43. The van der Waals surface area contributed by atoms with E-state index in [0.29, 0.717) is 72.3 Å². The lowest BCUT2D eigenvalue weighted by Gasteiger charge is -2.56. The van der Waals surface area contributed by atoms with Gasteiger partial charge in [-0.25, -0.2) is 0 Å². The van der Waals surface area contributed by atoms with Crippen molar-refractivity contribution in [3.8, 4) is 34.5 Å². The number of ketones is 4. The highest BCUT2D eigenvalue weighted by Crippen LogP contribution is 2.71. The molecule has 2 unspecified atom stereocenters. The van der Waals surface area contributed by atoms with Crippen LogP contribution in [0.1, 0.15) is 191 Å². The summed E-state index contributed by atoms with van der Waals surface area (Å²) in [6.07, 6.45) is 26.5. The number of phenols is 2. The van der Waals surface area contributed by atoms with E-state index in [4.69, 9.17) is 37.9 Å². The minimum Gasteiger partial charge on any atom is -0.506 e. The van der Waals surface area contributed by atoms with Crippen LogP contribution < -0.4 is 18.9 Å². The number of benzene rings is 2. The molecule has 0 radical (unpaired) electrons. The molecule has 14 rings (SSSR count). The number of Topliss-reactive ketones (excluding diaryl/α,β-unsaturated/α-hetero) is 4. The third-order valence-electron chi connectivity index (χ3n) is 20.8. The van der Waals surface area contributed by atoms with E-state index in [1.807, 2.05) is 106 Å². The molecule has 4 fully saturated rings. The molecule has 2 saturated heterocycles. The average molecular weight is 1290 g/mol. The number of rotatable bonds is 20. The van der Waals surface area contributed by atoms with E-state index in [2.05, 4.69) is 39.8 Å². The van der Waals surface area contributed by atoms with Crippen LogP contribution in [0.25, 0.3) is 12.2 Å². The second-order valence-electron chi connectivity index (χ2n) is 29.2. The Kier molecular flexibility index (Phi) is 17.3. The van der Waals surface area contributed by atoms with Gasteiger partial charge in [-0.3, -0.25) is 28.8 Å². The van der Waals surface area contributed by atoms with Gasteiger partial charge in [-0.15, -0.1) is 0 Å². The van der Waals surface area contributed by atoms with Crippen molar-refractivity contribution in [2.24, 2.45) is 23.7 Å². The minimum atomic E-state index is -1.66. The van der Waals surface area contributed by atoms with Gasteiger partial charge in [-0.1, -0.05) is 58.7 Å². The van der Waals surface area contributed by atoms with Gasteiger partial charge in [0, 0.05) is 58.8 Å². The van der Waals surface area contributed by atoms with Crippen molar-refractivity contribution >= 4 is 48.2 Å². The van der Waals surface area contributed by atoms with Crippen LogP contribution in [0.3, 0.4) is 0 Å². The molecule has 10 atom stereocenters. The number of phenolic OH excluding ortho intramolecular Hbond substituents is 2. The number of aliphatic hydroxyl groups is 2. The first-order valence-electron chi connectivity index (χ1n) is 32.6. The standard InChI is InChI=1S/2C38H44O9/c2*1-21(2)9-8-14-36(7)15-13-25-30(41)29-31(42)27-17-23-18-28-35(5,6)47-37(34(23)43,16-12-24(19-39)44-20-40)38(27,28)46-33(29)26(32(25)45-36)11-10-22(3)4/h2*9-10,12-13,15,17,20,23,28,39,41H,8,11,14,16,18-19H2,1-7H3/b2*24-12-/t23-,28?,36+,37-,38-;23-,28?,36-,37-,38-/m11/s1. The van der Waals surface area contributed by atoms with E-state index in [1.54, 1.807) is 12.2 Å². The molecule has 18 heteroatoms. The Labute approximate surface area is 549 Å². The molecule has 6 aliphatic carbocycles. The smallest absolute Gasteiger partial charge is 0.298 e. The third kappa shape index (κ3) is 10.4. The number of carbonyl (C=O) groups excluding carboxylic acids is 6.